The van der Waals surface area contributed by atoms with Crippen molar-refractivity contribution in [1.29, 1.82) is 0 Å². The second-order valence-corrected chi connectivity index (χ2v) is 12.0. The molecule has 0 aliphatic heterocycles. The number of benzene rings is 3. The Hall–Kier alpha value is -2.49. The SMILES string of the molecule is O=C(Nc1cc(Cl)ccc1Cl)C(Sc1ccc(NS(=O)(=O)c2cccs2)cc1)c1ccccc1. The van der Waals surface area contributed by atoms with Crippen molar-refractivity contribution in [3.63, 3.8) is 0 Å². The average molecular weight is 550 g/mol. The van der Waals surface area contributed by atoms with E-state index in [4.69, 9.17) is 23.2 Å². The van der Waals surface area contributed by atoms with Crippen molar-refractivity contribution in [2.45, 2.75) is 14.4 Å². The molecule has 0 spiro atoms. The zero-order chi connectivity index (χ0) is 24.1. The van der Waals surface area contributed by atoms with E-state index in [0.717, 1.165) is 21.8 Å². The number of anilines is 2. The van der Waals surface area contributed by atoms with Gasteiger partial charge < -0.3 is 5.32 Å². The summed E-state index contributed by atoms with van der Waals surface area (Å²) < 4.78 is 27.7. The number of rotatable bonds is 8. The van der Waals surface area contributed by atoms with Crippen molar-refractivity contribution < 1.29 is 13.2 Å². The van der Waals surface area contributed by atoms with E-state index in [1.165, 1.54) is 11.8 Å². The molecule has 0 radical (unpaired) electrons. The maximum absolute atomic E-state index is 13.2. The average Bonchev–Trinajstić information content (AvgIpc) is 3.37. The zero-order valence-electron chi connectivity index (χ0n) is 17.4. The van der Waals surface area contributed by atoms with E-state index in [-0.39, 0.29) is 10.1 Å². The summed E-state index contributed by atoms with van der Waals surface area (Å²) >= 11 is 14.8. The standard InChI is InChI=1S/C24H18Cl2N2O3S3/c25-17-8-13-20(26)21(15-17)27-24(29)23(16-5-2-1-3-6-16)33-19-11-9-18(10-12-19)28-34(30,31)22-7-4-14-32-22/h1-15,23,28H,(H,27,29). The number of carbonyl (C=O) groups is 1. The van der Waals surface area contributed by atoms with Crippen LogP contribution in [-0.2, 0) is 14.8 Å². The molecule has 0 aliphatic rings. The van der Waals surface area contributed by atoms with Crippen LogP contribution < -0.4 is 10.0 Å². The quantitative estimate of drug-likeness (QED) is 0.226. The summed E-state index contributed by atoms with van der Waals surface area (Å²) in [6.07, 6.45) is 0. The smallest absolute Gasteiger partial charge is 0.271 e. The number of hydrogen-bond acceptors (Lipinski definition) is 5. The van der Waals surface area contributed by atoms with Gasteiger partial charge >= 0.3 is 0 Å². The molecule has 10 heteroatoms. The topological polar surface area (TPSA) is 75.3 Å². The largest absolute Gasteiger partial charge is 0.323 e. The van der Waals surface area contributed by atoms with E-state index < -0.39 is 15.3 Å². The van der Waals surface area contributed by atoms with Crippen molar-refractivity contribution in [1.82, 2.24) is 0 Å². The maximum Gasteiger partial charge on any atom is 0.271 e. The molecular formula is C24H18Cl2N2O3S3. The van der Waals surface area contributed by atoms with Gasteiger partial charge in [-0.3, -0.25) is 9.52 Å². The van der Waals surface area contributed by atoms with Gasteiger partial charge in [0.05, 0.1) is 10.7 Å². The minimum Gasteiger partial charge on any atom is -0.323 e. The molecule has 1 aromatic heterocycles. The Balaban J connectivity index is 1.54. The Morgan fingerprint density at radius 2 is 1.65 bits per heavy atom. The predicted octanol–water partition coefficient (Wildman–Crippen LogP) is 7.33. The van der Waals surface area contributed by atoms with Gasteiger partial charge in [-0.05, 0) is 59.5 Å². The summed E-state index contributed by atoms with van der Waals surface area (Å²) in [6.45, 7) is 0. The van der Waals surface area contributed by atoms with Gasteiger partial charge in [-0.2, -0.15) is 0 Å². The number of amides is 1. The molecule has 3 aromatic carbocycles. The Morgan fingerprint density at radius 3 is 2.32 bits per heavy atom. The molecule has 0 saturated carbocycles. The van der Waals surface area contributed by atoms with Crippen LogP contribution in [0.5, 0.6) is 0 Å². The van der Waals surface area contributed by atoms with Gasteiger partial charge in [0.15, 0.2) is 0 Å². The molecule has 1 atom stereocenters. The molecule has 0 saturated heterocycles. The number of hydrogen-bond donors (Lipinski definition) is 2. The summed E-state index contributed by atoms with van der Waals surface area (Å²) in [6, 6.07) is 24.3. The Kier molecular flexibility index (Phi) is 7.85. The molecule has 1 unspecified atom stereocenters. The lowest BCUT2D eigenvalue weighted by molar-refractivity contribution is -0.115. The van der Waals surface area contributed by atoms with E-state index in [9.17, 15) is 13.2 Å². The van der Waals surface area contributed by atoms with Gasteiger partial charge in [-0.1, -0.05) is 59.6 Å². The monoisotopic (exact) mass is 548 g/mol. The molecule has 0 fully saturated rings. The van der Waals surface area contributed by atoms with E-state index in [1.54, 1.807) is 60.0 Å². The molecular weight excluding hydrogens is 531 g/mol. The number of carbonyl (C=O) groups excluding carboxylic acids is 1. The molecule has 34 heavy (non-hydrogen) atoms. The highest BCUT2D eigenvalue weighted by atomic mass is 35.5. The molecule has 0 bridgehead atoms. The Labute approximate surface area is 216 Å². The van der Waals surface area contributed by atoms with Crippen LogP contribution in [0.15, 0.2) is 99.4 Å². The van der Waals surface area contributed by atoms with Crippen LogP contribution in [0.2, 0.25) is 10.0 Å². The maximum atomic E-state index is 13.2. The lowest BCUT2D eigenvalue weighted by Gasteiger charge is -2.18. The number of nitrogens with one attached hydrogen (secondary N) is 2. The second-order valence-electron chi connectivity index (χ2n) is 7.08. The number of thioether (sulfide) groups is 1. The van der Waals surface area contributed by atoms with Gasteiger partial charge in [-0.15, -0.1) is 23.1 Å². The summed E-state index contributed by atoms with van der Waals surface area (Å²) in [5, 5.41) is 4.84. The molecule has 2 N–H and O–H groups in total. The van der Waals surface area contributed by atoms with Crippen LogP contribution in [0, 0.1) is 0 Å². The van der Waals surface area contributed by atoms with Crippen molar-refractivity contribution in [3.8, 4) is 0 Å². The fourth-order valence-electron chi connectivity index (χ4n) is 3.05. The van der Waals surface area contributed by atoms with Crippen LogP contribution in [-0.4, -0.2) is 14.3 Å². The van der Waals surface area contributed by atoms with Gasteiger partial charge in [0.1, 0.15) is 9.46 Å². The van der Waals surface area contributed by atoms with Crippen LogP contribution in [0.4, 0.5) is 11.4 Å². The minimum absolute atomic E-state index is 0.242. The Morgan fingerprint density at radius 1 is 0.912 bits per heavy atom. The van der Waals surface area contributed by atoms with Crippen LogP contribution in [0.3, 0.4) is 0 Å². The lowest BCUT2D eigenvalue weighted by Crippen LogP contribution is -2.19. The van der Waals surface area contributed by atoms with Crippen molar-refractivity contribution in [2.75, 3.05) is 10.0 Å². The van der Waals surface area contributed by atoms with E-state index >= 15 is 0 Å². The fraction of sp³-hybridized carbons (Fsp3) is 0.0417. The molecule has 4 aromatic rings. The molecule has 5 nitrogen and oxygen atoms in total. The summed E-state index contributed by atoms with van der Waals surface area (Å²) in [5.41, 5.74) is 1.67. The van der Waals surface area contributed by atoms with Crippen LogP contribution in [0.1, 0.15) is 10.8 Å². The molecule has 4 rings (SSSR count). The predicted molar refractivity (Wildman–Crippen MR) is 142 cm³/mol. The molecule has 174 valence electrons. The second kappa shape index (κ2) is 10.8. The normalized spacial score (nSPS) is 12.2. The highest BCUT2D eigenvalue weighted by Gasteiger charge is 2.23. The zero-order valence-corrected chi connectivity index (χ0v) is 21.4. The van der Waals surface area contributed by atoms with E-state index in [0.29, 0.717) is 21.4 Å². The van der Waals surface area contributed by atoms with Crippen molar-refractivity contribution in [3.05, 3.63) is 106 Å². The molecule has 1 amide bonds. The summed E-state index contributed by atoms with van der Waals surface area (Å²) in [4.78, 5) is 14.0. The van der Waals surface area contributed by atoms with Gasteiger partial charge in [-0.25, -0.2) is 8.42 Å². The van der Waals surface area contributed by atoms with Crippen LogP contribution in [0.25, 0.3) is 0 Å². The molecule has 0 aliphatic carbocycles. The minimum atomic E-state index is -3.63. The first-order valence-corrected chi connectivity index (χ1v) is 14.0. The fourth-order valence-corrected chi connectivity index (χ4v) is 6.46. The third-order valence-corrected chi connectivity index (χ3v) is 9.26. The highest BCUT2D eigenvalue weighted by molar-refractivity contribution is 8.00. The van der Waals surface area contributed by atoms with E-state index in [1.807, 2.05) is 30.3 Å². The third-order valence-electron chi connectivity index (χ3n) is 4.65. The van der Waals surface area contributed by atoms with Gasteiger partial charge in [0.25, 0.3) is 10.0 Å². The van der Waals surface area contributed by atoms with Gasteiger partial charge in [0, 0.05) is 15.6 Å². The number of halogens is 2. The first-order chi connectivity index (χ1) is 16.3. The first-order valence-electron chi connectivity index (χ1n) is 9.96. The molecule has 1 heterocycles. The summed E-state index contributed by atoms with van der Waals surface area (Å²) in [5.74, 6) is -0.261. The Bertz CT molecular complexity index is 1380. The number of sulfonamides is 1. The van der Waals surface area contributed by atoms with Crippen molar-refractivity contribution >= 4 is 73.6 Å². The third kappa shape index (κ3) is 6.14. The number of thiophene rings is 1. The lowest BCUT2D eigenvalue weighted by atomic mass is 10.1. The van der Waals surface area contributed by atoms with Crippen LogP contribution >= 0.6 is 46.3 Å². The van der Waals surface area contributed by atoms with Crippen molar-refractivity contribution in [2.24, 2.45) is 0 Å². The first kappa shape index (κ1) is 24.6. The van der Waals surface area contributed by atoms with Gasteiger partial charge in [0.2, 0.25) is 5.91 Å². The van der Waals surface area contributed by atoms with E-state index in [2.05, 4.69) is 10.0 Å². The summed E-state index contributed by atoms with van der Waals surface area (Å²) in [7, 11) is -3.63. The highest BCUT2D eigenvalue weighted by Crippen LogP contribution is 2.37.